The second-order valence-corrected chi connectivity index (χ2v) is 5.95. The molecule has 18 heavy (non-hydrogen) atoms. The number of fused-ring (bicyclic) bond motifs is 1. The van der Waals surface area contributed by atoms with E-state index in [2.05, 4.69) is 42.6 Å². The quantitative estimate of drug-likeness (QED) is 0.865. The fourth-order valence-corrected chi connectivity index (χ4v) is 3.34. The molecule has 1 saturated carbocycles. The maximum Gasteiger partial charge on any atom is 0.0729 e. The maximum absolute atomic E-state index is 6.05. The van der Waals surface area contributed by atoms with Crippen molar-refractivity contribution in [2.45, 2.75) is 50.8 Å². The first-order valence-corrected chi connectivity index (χ1v) is 7.23. The van der Waals surface area contributed by atoms with Crippen LogP contribution in [0, 0.1) is 5.92 Å². The normalized spacial score (nSPS) is 36.1. The number of ether oxygens (including phenoxy) is 1. The fraction of sp³-hybridized carbons (Fsp3) is 0.625. The molecule has 3 rings (SSSR count). The lowest BCUT2D eigenvalue weighted by Crippen LogP contribution is -2.56. The zero-order valence-corrected chi connectivity index (χ0v) is 11.1. The predicted molar refractivity (Wildman–Crippen MR) is 73.6 cm³/mol. The summed E-state index contributed by atoms with van der Waals surface area (Å²) in [5, 5.41) is 3.81. The average Bonchev–Trinajstić information content (AvgIpc) is 2.39. The smallest absolute Gasteiger partial charge is 0.0729 e. The first-order chi connectivity index (χ1) is 8.81. The van der Waals surface area contributed by atoms with Crippen LogP contribution >= 0.6 is 0 Å². The highest BCUT2D eigenvalue weighted by atomic mass is 16.5. The third-order valence-corrected chi connectivity index (χ3v) is 4.34. The van der Waals surface area contributed by atoms with E-state index in [-0.39, 0.29) is 0 Å². The van der Waals surface area contributed by atoms with E-state index in [1.165, 1.54) is 24.8 Å². The van der Waals surface area contributed by atoms with Gasteiger partial charge < -0.3 is 10.1 Å². The molecule has 2 heteroatoms. The van der Waals surface area contributed by atoms with Gasteiger partial charge in [0.25, 0.3) is 0 Å². The molecular weight excluding hydrogens is 222 g/mol. The van der Waals surface area contributed by atoms with Crippen molar-refractivity contribution in [1.29, 1.82) is 0 Å². The minimum atomic E-state index is 0.466. The lowest BCUT2D eigenvalue weighted by Gasteiger charge is -2.42. The lowest BCUT2D eigenvalue weighted by molar-refractivity contribution is -0.0531. The van der Waals surface area contributed by atoms with Crippen LogP contribution in [0.3, 0.4) is 0 Å². The summed E-state index contributed by atoms with van der Waals surface area (Å²) in [6.07, 6.45) is 5.38. The van der Waals surface area contributed by atoms with E-state index in [4.69, 9.17) is 4.74 Å². The Kier molecular flexibility index (Phi) is 3.67. The van der Waals surface area contributed by atoms with Crippen molar-refractivity contribution >= 4 is 0 Å². The molecule has 0 bridgehead atoms. The van der Waals surface area contributed by atoms with Gasteiger partial charge in [-0.15, -0.1) is 0 Å². The number of morpholine rings is 1. The Balaban J connectivity index is 1.59. The molecule has 4 unspecified atom stereocenters. The highest BCUT2D eigenvalue weighted by Crippen LogP contribution is 2.29. The summed E-state index contributed by atoms with van der Waals surface area (Å²) in [5.74, 6) is 0.845. The van der Waals surface area contributed by atoms with E-state index in [0.29, 0.717) is 18.2 Å². The zero-order valence-electron chi connectivity index (χ0n) is 11.1. The Hall–Kier alpha value is -0.860. The van der Waals surface area contributed by atoms with Gasteiger partial charge in [0, 0.05) is 12.1 Å². The summed E-state index contributed by atoms with van der Waals surface area (Å²) in [5.41, 5.74) is 1.40. The fourth-order valence-electron chi connectivity index (χ4n) is 3.34. The van der Waals surface area contributed by atoms with E-state index in [0.717, 1.165) is 18.9 Å². The van der Waals surface area contributed by atoms with Gasteiger partial charge in [-0.2, -0.15) is 0 Å². The number of rotatable bonds is 2. The summed E-state index contributed by atoms with van der Waals surface area (Å²) in [7, 11) is 0. The van der Waals surface area contributed by atoms with Crippen molar-refractivity contribution in [2.75, 3.05) is 6.61 Å². The molecule has 0 aromatic heterocycles. The second-order valence-electron chi connectivity index (χ2n) is 5.95. The van der Waals surface area contributed by atoms with Crippen LogP contribution in [0.15, 0.2) is 30.3 Å². The molecule has 0 amide bonds. The molecule has 2 nitrogen and oxygen atoms in total. The highest BCUT2D eigenvalue weighted by Gasteiger charge is 2.34. The zero-order chi connectivity index (χ0) is 12.4. The van der Waals surface area contributed by atoms with Crippen molar-refractivity contribution in [3.8, 4) is 0 Å². The van der Waals surface area contributed by atoms with Crippen LogP contribution in [-0.4, -0.2) is 24.8 Å². The van der Waals surface area contributed by atoms with Crippen LogP contribution < -0.4 is 5.32 Å². The summed E-state index contributed by atoms with van der Waals surface area (Å²) >= 11 is 0. The molecule has 0 radical (unpaired) electrons. The Morgan fingerprint density at radius 3 is 2.89 bits per heavy atom. The first kappa shape index (κ1) is 12.2. The topological polar surface area (TPSA) is 21.3 Å². The number of hydrogen-bond donors (Lipinski definition) is 1. The molecular formula is C16H23NO. The van der Waals surface area contributed by atoms with Crippen LogP contribution in [-0.2, 0) is 11.2 Å². The van der Waals surface area contributed by atoms with E-state index in [1.807, 2.05) is 0 Å². The van der Waals surface area contributed by atoms with E-state index in [1.54, 1.807) is 0 Å². The Morgan fingerprint density at radius 2 is 2.06 bits per heavy atom. The molecule has 1 heterocycles. The number of hydrogen-bond acceptors (Lipinski definition) is 2. The van der Waals surface area contributed by atoms with E-state index >= 15 is 0 Å². The van der Waals surface area contributed by atoms with E-state index < -0.39 is 0 Å². The summed E-state index contributed by atoms with van der Waals surface area (Å²) in [4.78, 5) is 0. The third kappa shape index (κ3) is 2.76. The van der Waals surface area contributed by atoms with Gasteiger partial charge in [0.2, 0.25) is 0 Å². The maximum atomic E-state index is 6.05. The molecule has 2 fully saturated rings. The lowest BCUT2D eigenvalue weighted by atomic mass is 9.83. The summed E-state index contributed by atoms with van der Waals surface area (Å²) in [6.45, 7) is 3.23. The standard InChI is InChI=1S/C16H23NO/c1-12-7-8-16-15(9-12)17-14(11-18-16)10-13-5-3-2-4-6-13/h2-6,12,14-17H,7-11H2,1H3. The minimum absolute atomic E-state index is 0.466. The summed E-state index contributed by atoms with van der Waals surface area (Å²) in [6, 6.07) is 11.8. The van der Waals surface area contributed by atoms with Crippen LogP contribution in [0.4, 0.5) is 0 Å². The van der Waals surface area contributed by atoms with Crippen molar-refractivity contribution in [2.24, 2.45) is 5.92 Å². The SMILES string of the molecule is CC1CCC2OCC(Cc3ccccc3)NC2C1. The number of benzene rings is 1. The predicted octanol–water partition coefficient (Wildman–Crippen LogP) is 2.77. The number of nitrogens with one attached hydrogen (secondary N) is 1. The molecule has 1 aliphatic heterocycles. The van der Waals surface area contributed by atoms with Crippen LogP contribution in [0.25, 0.3) is 0 Å². The van der Waals surface area contributed by atoms with Crippen LogP contribution in [0.2, 0.25) is 0 Å². The van der Waals surface area contributed by atoms with Gasteiger partial charge in [0.1, 0.15) is 0 Å². The molecule has 1 aliphatic carbocycles. The van der Waals surface area contributed by atoms with Crippen LogP contribution in [0.5, 0.6) is 0 Å². The molecule has 1 N–H and O–H groups in total. The van der Waals surface area contributed by atoms with Gasteiger partial charge in [-0.25, -0.2) is 0 Å². The van der Waals surface area contributed by atoms with Gasteiger partial charge in [0.05, 0.1) is 12.7 Å². The molecule has 2 aliphatic rings. The first-order valence-electron chi connectivity index (χ1n) is 7.23. The van der Waals surface area contributed by atoms with Gasteiger partial charge in [-0.05, 0) is 37.2 Å². The van der Waals surface area contributed by atoms with Crippen molar-refractivity contribution < 1.29 is 4.74 Å². The molecule has 1 aromatic carbocycles. The largest absolute Gasteiger partial charge is 0.375 e. The Morgan fingerprint density at radius 1 is 1.22 bits per heavy atom. The van der Waals surface area contributed by atoms with Crippen molar-refractivity contribution in [1.82, 2.24) is 5.32 Å². The van der Waals surface area contributed by atoms with Gasteiger partial charge in [-0.1, -0.05) is 37.3 Å². The van der Waals surface area contributed by atoms with Crippen molar-refractivity contribution in [3.05, 3.63) is 35.9 Å². The minimum Gasteiger partial charge on any atom is -0.375 e. The Labute approximate surface area is 110 Å². The monoisotopic (exact) mass is 245 g/mol. The van der Waals surface area contributed by atoms with E-state index in [9.17, 15) is 0 Å². The average molecular weight is 245 g/mol. The van der Waals surface area contributed by atoms with Crippen LogP contribution in [0.1, 0.15) is 31.7 Å². The highest BCUT2D eigenvalue weighted by molar-refractivity contribution is 5.16. The summed E-state index contributed by atoms with van der Waals surface area (Å²) < 4.78 is 6.05. The van der Waals surface area contributed by atoms with Gasteiger partial charge in [-0.3, -0.25) is 0 Å². The molecule has 98 valence electrons. The molecule has 4 atom stereocenters. The molecule has 1 aromatic rings. The van der Waals surface area contributed by atoms with Gasteiger partial charge in [0.15, 0.2) is 0 Å². The third-order valence-electron chi connectivity index (χ3n) is 4.34. The van der Waals surface area contributed by atoms with Gasteiger partial charge >= 0.3 is 0 Å². The second kappa shape index (κ2) is 5.41. The molecule has 0 spiro atoms. The Bertz CT molecular complexity index is 378. The van der Waals surface area contributed by atoms with Crippen molar-refractivity contribution in [3.63, 3.8) is 0 Å². The molecule has 1 saturated heterocycles.